The summed E-state index contributed by atoms with van der Waals surface area (Å²) in [5.41, 5.74) is 1.11. The van der Waals surface area contributed by atoms with E-state index >= 15 is 0 Å². The number of aliphatic carboxylic acids is 1. The van der Waals surface area contributed by atoms with Crippen LogP contribution in [0.25, 0.3) is 0 Å². The quantitative estimate of drug-likeness (QED) is 0.896. The summed E-state index contributed by atoms with van der Waals surface area (Å²) in [5, 5.41) is 8.80. The van der Waals surface area contributed by atoms with E-state index in [0.29, 0.717) is 30.6 Å². The molecular formula is C18H24N2O4. The first kappa shape index (κ1) is 18.0. The summed E-state index contributed by atoms with van der Waals surface area (Å²) >= 11 is 0. The van der Waals surface area contributed by atoms with Crippen LogP contribution < -0.4 is 0 Å². The minimum Gasteiger partial charge on any atom is -0.481 e. The summed E-state index contributed by atoms with van der Waals surface area (Å²) in [6.45, 7) is 1.30. The third-order valence-electron chi connectivity index (χ3n) is 4.36. The molecule has 1 heterocycles. The van der Waals surface area contributed by atoms with E-state index in [0.717, 1.165) is 12.8 Å². The molecule has 6 nitrogen and oxygen atoms in total. The van der Waals surface area contributed by atoms with Crippen LogP contribution in [-0.4, -0.2) is 59.9 Å². The fraction of sp³-hybridized carbons (Fsp3) is 0.500. The monoisotopic (exact) mass is 332 g/mol. The van der Waals surface area contributed by atoms with Gasteiger partial charge >= 0.3 is 5.97 Å². The summed E-state index contributed by atoms with van der Waals surface area (Å²) in [7, 11) is 3.37. The highest BCUT2D eigenvalue weighted by Crippen LogP contribution is 2.22. The first-order valence-electron chi connectivity index (χ1n) is 8.21. The maximum atomic E-state index is 12.6. The van der Waals surface area contributed by atoms with E-state index in [2.05, 4.69) is 0 Å². The van der Waals surface area contributed by atoms with Crippen LogP contribution in [0.5, 0.6) is 0 Å². The maximum absolute atomic E-state index is 12.6. The Labute approximate surface area is 142 Å². The highest BCUT2D eigenvalue weighted by atomic mass is 16.4. The Morgan fingerprint density at radius 2 is 1.79 bits per heavy atom. The predicted molar refractivity (Wildman–Crippen MR) is 90.0 cm³/mol. The number of piperidine rings is 1. The van der Waals surface area contributed by atoms with Crippen molar-refractivity contribution in [1.29, 1.82) is 0 Å². The Balaban J connectivity index is 2.00. The molecule has 1 fully saturated rings. The molecule has 0 bridgehead atoms. The molecule has 2 rings (SSSR count). The lowest BCUT2D eigenvalue weighted by atomic mass is 9.93. The minimum atomic E-state index is -0.792. The Bertz CT molecular complexity index is 610. The molecule has 130 valence electrons. The minimum absolute atomic E-state index is 0.0566. The smallest absolute Gasteiger partial charge is 0.303 e. The zero-order chi connectivity index (χ0) is 17.7. The van der Waals surface area contributed by atoms with Crippen LogP contribution in [0.15, 0.2) is 24.3 Å². The molecule has 1 atom stereocenters. The largest absolute Gasteiger partial charge is 0.481 e. The van der Waals surface area contributed by atoms with Crippen LogP contribution in [0, 0.1) is 5.92 Å². The molecule has 1 aliphatic rings. The van der Waals surface area contributed by atoms with Crippen molar-refractivity contribution in [3.05, 3.63) is 35.4 Å². The molecule has 1 unspecified atom stereocenters. The second-order valence-electron chi connectivity index (χ2n) is 6.47. The zero-order valence-electron chi connectivity index (χ0n) is 14.2. The van der Waals surface area contributed by atoms with E-state index in [4.69, 9.17) is 5.11 Å². The number of nitrogens with zero attached hydrogens (tertiary/aromatic N) is 2. The summed E-state index contributed by atoms with van der Waals surface area (Å²) in [4.78, 5) is 38.5. The van der Waals surface area contributed by atoms with Gasteiger partial charge in [-0.3, -0.25) is 14.4 Å². The summed E-state index contributed by atoms with van der Waals surface area (Å²) in [5.74, 6) is -0.701. The maximum Gasteiger partial charge on any atom is 0.303 e. The second-order valence-corrected chi connectivity index (χ2v) is 6.47. The molecule has 2 amide bonds. The molecular weight excluding hydrogens is 308 g/mol. The summed E-state index contributed by atoms with van der Waals surface area (Å²) in [6.07, 6.45) is 2.62. The lowest BCUT2D eigenvalue weighted by Crippen LogP contribution is -2.40. The normalized spacial score (nSPS) is 17.4. The zero-order valence-corrected chi connectivity index (χ0v) is 14.2. The third kappa shape index (κ3) is 4.57. The number of hydrogen-bond donors (Lipinski definition) is 1. The van der Waals surface area contributed by atoms with E-state index in [-0.39, 0.29) is 24.2 Å². The second kappa shape index (κ2) is 7.95. The molecule has 24 heavy (non-hydrogen) atoms. The van der Waals surface area contributed by atoms with Gasteiger partial charge in [0.15, 0.2) is 0 Å². The number of carboxylic acid groups (broad SMARTS) is 1. The van der Waals surface area contributed by atoms with Crippen molar-refractivity contribution in [2.75, 3.05) is 27.2 Å². The molecule has 0 radical (unpaired) electrons. The number of benzene rings is 1. The van der Waals surface area contributed by atoms with Gasteiger partial charge in [-0.15, -0.1) is 0 Å². The Morgan fingerprint density at radius 1 is 1.17 bits per heavy atom. The van der Waals surface area contributed by atoms with Crippen molar-refractivity contribution in [2.45, 2.75) is 25.7 Å². The average molecular weight is 332 g/mol. The van der Waals surface area contributed by atoms with E-state index in [1.165, 1.54) is 4.90 Å². The van der Waals surface area contributed by atoms with Gasteiger partial charge in [0.1, 0.15) is 0 Å². The lowest BCUT2D eigenvalue weighted by molar-refractivity contribution is -0.137. The van der Waals surface area contributed by atoms with Gasteiger partial charge in [0, 0.05) is 44.7 Å². The fourth-order valence-corrected chi connectivity index (χ4v) is 3.01. The van der Waals surface area contributed by atoms with Gasteiger partial charge in [-0.05, 0) is 49.4 Å². The van der Waals surface area contributed by atoms with Crippen molar-refractivity contribution in [3.63, 3.8) is 0 Å². The standard InChI is InChI=1S/C18H24N2O4/c1-19(2)17(23)14-6-8-15(9-7-14)18(24)20-11-3-4-13(12-20)5-10-16(21)22/h6-9,13H,3-5,10-12H2,1-2H3,(H,21,22). The van der Waals surface area contributed by atoms with Gasteiger partial charge in [-0.2, -0.15) is 0 Å². The molecule has 6 heteroatoms. The molecule has 0 aromatic heterocycles. The Morgan fingerprint density at radius 3 is 2.38 bits per heavy atom. The molecule has 1 aromatic rings. The fourth-order valence-electron chi connectivity index (χ4n) is 3.01. The first-order valence-corrected chi connectivity index (χ1v) is 8.21. The van der Waals surface area contributed by atoms with Crippen molar-refractivity contribution < 1.29 is 19.5 Å². The van der Waals surface area contributed by atoms with Crippen LogP contribution in [0.4, 0.5) is 0 Å². The average Bonchev–Trinajstić information content (AvgIpc) is 2.59. The van der Waals surface area contributed by atoms with Crippen molar-refractivity contribution in [3.8, 4) is 0 Å². The van der Waals surface area contributed by atoms with Crippen LogP contribution in [0.3, 0.4) is 0 Å². The van der Waals surface area contributed by atoms with Crippen LogP contribution in [-0.2, 0) is 4.79 Å². The highest BCUT2D eigenvalue weighted by Gasteiger charge is 2.25. The number of rotatable bonds is 5. The Hall–Kier alpha value is -2.37. The van der Waals surface area contributed by atoms with Gasteiger partial charge < -0.3 is 14.9 Å². The molecule has 1 aliphatic heterocycles. The Kier molecular flexibility index (Phi) is 5.95. The van der Waals surface area contributed by atoms with Gasteiger partial charge in [0.05, 0.1) is 0 Å². The first-order chi connectivity index (χ1) is 11.4. The molecule has 0 aliphatic carbocycles. The van der Waals surface area contributed by atoms with Gasteiger partial charge in [-0.25, -0.2) is 0 Å². The van der Waals surface area contributed by atoms with E-state index < -0.39 is 5.97 Å². The summed E-state index contributed by atoms with van der Waals surface area (Å²) < 4.78 is 0. The number of carboxylic acids is 1. The van der Waals surface area contributed by atoms with Crippen molar-refractivity contribution >= 4 is 17.8 Å². The van der Waals surface area contributed by atoms with E-state index in [1.54, 1.807) is 43.3 Å². The predicted octanol–water partition coefficient (Wildman–Crippen LogP) is 2.11. The van der Waals surface area contributed by atoms with Crippen LogP contribution in [0.2, 0.25) is 0 Å². The topological polar surface area (TPSA) is 77.9 Å². The van der Waals surface area contributed by atoms with Crippen molar-refractivity contribution in [2.24, 2.45) is 5.92 Å². The van der Waals surface area contributed by atoms with Gasteiger partial charge in [0.25, 0.3) is 11.8 Å². The van der Waals surface area contributed by atoms with Gasteiger partial charge in [-0.1, -0.05) is 0 Å². The molecule has 1 aromatic carbocycles. The highest BCUT2D eigenvalue weighted by molar-refractivity contribution is 5.97. The lowest BCUT2D eigenvalue weighted by Gasteiger charge is -2.32. The van der Waals surface area contributed by atoms with E-state index in [1.807, 2.05) is 0 Å². The molecule has 1 N–H and O–H groups in total. The number of carbonyl (C=O) groups is 3. The molecule has 0 saturated carbocycles. The number of likely N-dealkylation sites (tertiary alicyclic amines) is 1. The number of hydrogen-bond acceptors (Lipinski definition) is 3. The summed E-state index contributed by atoms with van der Waals surface area (Å²) in [6, 6.07) is 6.70. The molecule has 0 spiro atoms. The number of amides is 2. The van der Waals surface area contributed by atoms with E-state index in [9.17, 15) is 14.4 Å². The van der Waals surface area contributed by atoms with Gasteiger partial charge in [0.2, 0.25) is 0 Å². The number of carbonyl (C=O) groups excluding carboxylic acids is 2. The SMILES string of the molecule is CN(C)C(=O)c1ccc(C(=O)N2CCCC(CCC(=O)O)C2)cc1. The van der Waals surface area contributed by atoms with Crippen molar-refractivity contribution in [1.82, 2.24) is 9.80 Å². The third-order valence-corrected chi connectivity index (χ3v) is 4.36. The van der Waals surface area contributed by atoms with Crippen LogP contribution >= 0.6 is 0 Å². The van der Waals surface area contributed by atoms with Crippen LogP contribution in [0.1, 0.15) is 46.4 Å². The molecule has 1 saturated heterocycles.